The predicted octanol–water partition coefficient (Wildman–Crippen LogP) is 3.78. The summed E-state index contributed by atoms with van der Waals surface area (Å²) in [4.78, 5) is 7.62. The third-order valence-electron chi connectivity index (χ3n) is 2.36. The summed E-state index contributed by atoms with van der Waals surface area (Å²) in [5, 5.41) is -0.259. The summed E-state index contributed by atoms with van der Waals surface area (Å²) in [6.45, 7) is 5.32. The lowest BCUT2D eigenvalue weighted by atomic mass is 9.93. The molecule has 0 saturated carbocycles. The second-order valence-corrected chi connectivity index (χ2v) is 6.09. The van der Waals surface area contributed by atoms with Crippen LogP contribution in [0.2, 0.25) is 0 Å². The Morgan fingerprint density at radius 2 is 1.84 bits per heavy atom. The molecule has 0 aliphatic rings. The maximum absolute atomic E-state index is 14.0. The minimum Gasteiger partial charge on any atom is -0.259 e. The number of thioether (sulfide) groups is 1. The zero-order valence-electron chi connectivity index (χ0n) is 10.4. The maximum Gasteiger partial charge on any atom is 0.447 e. The average molecular weight is 293 g/mol. The molecule has 0 saturated heterocycles. The Labute approximate surface area is 111 Å². The van der Waals surface area contributed by atoms with Crippen molar-refractivity contribution < 1.29 is 17.6 Å². The van der Waals surface area contributed by atoms with Gasteiger partial charge < -0.3 is 0 Å². The summed E-state index contributed by atoms with van der Waals surface area (Å²) < 4.78 is 51.8. The average Bonchev–Trinajstić information content (AvgIpc) is 2.52. The van der Waals surface area contributed by atoms with Crippen LogP contribution >= 0.6 is 11.8 Å². The highest BCUT2D eigenvalue weighted by molar-refractivity contribution is 8.00. The number of alkyl halides is 3. The number of halogens is 4. The van der Waals surface area contributed by atoms with E-state index in [9.17, 15) is 17.6 Å². The molecule has 104 valence electrons. The first-order valence-corrected chi connectivity index (χ1v) is 6.19. The van der Waals surface area contributed by atoms with Crippen molar-refractivity contribution in [1.29, 1.82) is 0 Å². The largest absolute Gasteiger partial charge is 0.447 e. The molecule has 0 atom stereocenters. The molecule has 2 aromatic rings. The van der Waals surface area contributed by atoms with Crippen LogP contribution < -0.4 is 0 Å². The molecule has 0 aromatic carbocycles. The molecule has 0 aliphatic heterocycles. The normalized spacial score (nSPS) is 13.2. The first kappa shape index (κ1) is 14.1. The standard InChI is InChI=1S/C11H11F4N3S/c1-10(2,3)8-9(12)18-5-16-7(4-6(18)17-8)19-11(13,14)15/h4-5H,1-3H3. The van der Waals surface area contributed by atoms with Crippen LogP contribution in [0.3, 0.4) is 0 Å². The number of hydrogen-bond acceptors (Lipinski definition) is 3. The second kappa shape index (κ2) is 4.36. The van der Waals surface area contributed by atoms with Gasteiger partial charge in [-0.25, -0.2) is 9.97 Å². The number of hydrogen-bond donors (Lipinski definition) is 0. The molecule has 2 rings (SSSR count). The van der Waals surface area contributed by atoms with Gasteiger partial charge in [-0.3, -0.25) is 4.40 Å². The van der Waals surface area contributed by atoms with E-state index in [0.717, 1.165) is 16.8 Å². The van der Waals surface area contributed by atoms with Gasteiger partial charge in [-0.1, -0.05) is 20.8 Å². The van der Waals surface area contributed by atoms with Gasteiger partial charge in [0.25, 0.3) is 0 Å². The van der Waals surface area contributed by atoms with Crippen LogP contribution in [0.25, 0.3) is 5.65 Å². The van der Waals surface area contributed by atoms with Crippen molar-refractivity contribution in [1.82, 2.24) is 14.4 Å². The highest BCUT2D eigenvalue weighted by atomic mass is 32.2. The van der Waals surface area contributed by atoms with Crippen molar-refractivity contribution in [2.75, 3.05) is 0 Å². The molecule has 0 radical (unpaired) electrons. The van der Waals surface area contributed by atoms with Gasteiger partial charge >= 0.3 is 5.51 Å². The number of nitrogens with zero attached hydrogens (tertiary/aromatic N) is 3. The lowest BCUT2D eigenvalue weighted by Crippen LogP contribution is -2.13. The molecule has 0 bridgehead atoms. The van der Waals surface area contributed by atoms with Crippen LogP contribution in [0.1, 0.15) is 26.5 Å². The Morgan fingerprint density at radius 1 is 1.21 bits per heavy atom. The molecule has 0 N–H and O–H groups in total. The summed E-state index contributed by atoms with van der Waals surface area (Å²) >= 11 is -0.349. The third kappa shape index (κ3) is 2.99. The van der Waals surface area contributed by atoms with Gasteiger partial charge in [0.15, 0.2) is 0 Å². The van der Waals surface area contributed by atoms with Gasteiger partial charge in [0.05, 0.1) is 0 Å². The number of fused-ring (bicyclic) bond motifs is 1. The van der Waals surface area contributed by atoms with Crippen molar-refractivity contribution >= 4 is 17.4 Å². The Kier molecular flexibility index (Phi) is 3.24. The molecule has 0 amide bonds. The van der Waals surface area contributed by atoms with Crippen molar-refractivity contribution in [2.45, 2.75) is 36.7 Å². The van der Waals surface area contributed by atoms with Gasteiger partial charge in [0, 0.05) is 23.2 Å². The van der Waals surface area contributed by atoms with E-state index in [2.05, 4.69) is 9.97 Å². The van der Waals surface area contributed by atoms with Crippen molar-refractivity contribution in [3.8, 4) is 0 Å². The molecule has 0 aliphatic carbocycles. The van der Waals surface area contributed by atoms with Gasteiger partial charge in [-0.05, 0) is 0 Å². The first-order chi connectivity index (χ1) is 8.58. The topological polar surface area (TPSA) is 30.2 Å². The van der Waals surface area contributed by atoms with Crippen molar-refractivity contribution in [2.24, 2.45) is 0 Å². The van der Waals surface area contributed by atoms with Crippen LogP contribution in [-0.4, -0.2) is 19.9 Å². The minimum atomic E-state index is -4.43. The fourth-order valence-electron chi connectivity index (χ4n) is 1.55. The third-order valence-corrected chi connectivity index (χ3v) is 3.03. The Morgan fingerprint density at radius 3 is 2.37 bits per heavy atom. The first-order valence-electron chi connectivity index (χ1n) is 5.38. The number of aromatic nitrogens is 3. The number of imidazole rings is 1. The molecular weight excluding hydrogens is 282 g/mol. The highest BCUT2D eigenvalue weighted by Gasteiger charge is 2.31. The SMILES string of the molecule is CC(C)(C)c1nc2cc(SC(F)(F)F)ncn2c1F. The Bertz CT molecular complexity index is 613. The molecule has 8 heteroatoms. The lowest BCUT2D eigenvalue weighted by molar-refractivity contribution is -0.0329. The van der Waals surface area contributed by atoms with Crippen LogP contribution in [0.4, 0.5) is 17.6 Å². The number of rotatable bonds is 1. The minimum absolute atomic E-state index is 0.115. The van der Waals surface area contributed by atoms with Crippen molar-refractivity contribution in [3.63, 3.8) is 0 Å². The lowest BCUT2D eigenvalue weighted by Gasteiger charge is -2.14. The summed E-state index contributed by atoms with van der Waals surface area (Å²) in [6, 6.07) is 1.12. The second-order valence-electron chi connectivity index (χ2n) is 5.00. The zero-order chi connectivity index (χ0) is 14.4. The molecule has 0 unspecified atom stereocenters. The predicted molar refractivity (Wildman–Crippen MR) is 63.6 cm³/mol. The quantitative estimate of drug-likeness (QED) is 0.455. The van der Waals surface area contributed by atoms with E-state index >= 15 is 0 Å². The van der Waals surface area contributed by atoms with E-state index in [1.54, 1.807) is 20.8 Å². The molecule has 0 fully saturated rings. The maximum atomic E-state index is 14.0. The molecule has 19 heavy (non-hydrogen) atoms. The van der Waals surface area contributed by atoms with Crippen LogP contribution in [-0.2, 0) is 5.41 Å². The molecule has 2 heterocycles. The summed E-state index contributed by atoms with van der Waals surface area (Å²) in [5.74, 6) is -0.599. The van der Waals surface area contributed by atoms with E-state index in [1.165, 1.54) is 0 Å². The Balaban J connectivity index is 2.50. The van der Waals surface area contributed by atoms with Gasteiger partial charge in [0.2, 0.25) is 5.95 Å². The summed E-state index contributed by atoms with van der Waals surface area (Å²) in [6.07, 6.45) is 1.01. The zero-order valence-corrected chi connectivity index (χ0v) is 11.2. The van der Waals surface area contributed by atoms with Gasteiger partial charge in [-0.2, -0.15) is 17.6 Å². The Hall–Kier alpha value is -1.31. The van der Waals surface area contributed by atoms with Gasteiger partial charge in [0.1, 0.15) is 22.7 Å². The van der Waals surface area contributed by atoms with E-state index < -0.39 is 16.9 Å². The van der Waals surface area contributed by atoms with E-state index in [1.807, 2.05) is 0 Å². The van der Waals surface area contributed by atoms with Crippen LogP contribution in [0, 0.1) is 5.95 Å². The molecule has 2 aromatic heterocycles. The molecule has 3 nitrogen and oxygen atoms in total. The van der Waals surface area contributed by atoms with E-state index in [-0.39, 0.29) is 28.1 Å². The van der Waals surface area contributed by atoms with E-state index in [4.69, 9.17) is 0 Å². The smallest absolute Gasteiger partial charge is 0.259 e. The fraction of sp³-hybridized carbons (Fsp3) is 0.455. The monoisotopic (exact) mass is 293 g/mol. The summed E-state index contributed by atoms with van der Waals surface area (Å²) in [5.41, 5.74) is -4.65. The van der Waals surface area contributed by atoms with Crippen molar-refractivity contribution in [3.05, 3.63) is 24.0 Å². The highest BCUT2D eigenvalue weighted by Crippen LogP contribution is 2.36. The summed E-state index contributed by atoms with van der Waals surface area (Å²) in [7, 11) is 0. The van der Waals surface area contributed by atoms with E-state index in [0.29, 0.717) is 0 Å². The molecule has 0 spiro atoms. The van der Waals surface area contributed by atoms with Gasteiger partial charge in [-0.15, -0.1) is 0 Å². The van der Waals surface area contributed by atoms with Crippen LogP contribution in [0.15, 0.2) is 17.4 Å². The van der Waals surface area contributed by atoms with Crippen LogP contribution in [0.5, 0.6) is 0 Å². The fourth-order valence-corrected chi connectivity index (χ4v) is 2.06. The molecular formula is C11H11F4N3S.